The quantitative estimate of drug-likeness (QED) is 0.715. The lowest BCUT2D eigenvalue weighted by Crippen LogP contribution is -2.01. The summed E-state index contributed by atoms with van der Waals surface area (Å²) in [5.41, 5.74) is 3.33. The van der Waals surface area contributed by atoms with Crippen molar-refractivity contribution >= 4 is 6.29 Å². The van der Waals surface area contributed by atoms with E-state index in [0.29, 0.717) is 18.9 Å². The van der Waals surface area contributed by atoms with Gasteiger partial charge in [0.25, 0.3) is 0 Å². The van der Waals surface area contributed by atoms with Crippen LogP contribution in [0, 0.1) is 0 Å². The molecule has 0 atom stereocenters. The zero-order chi connectivity index (χ0) is 11.0. The smallest absolute Gasteiger partial charge is 0.170 e. The molecule has 0 bridgehead atoms. The molecule has 1 aromatic carbocycles. The average molecular weight is 214 g/mol. The SMILES string of the molecule is O=Cc1nn(-c2ccccc2)c2c1COC2. The summed E-state index contributed by atoms with van der Waals surface area (Å²) in [5, 5.41) is 4.29. The second-order valence-electron chi connectivity index (χ2n) is 3.67. The van der Waals surface area contributed by atoms with Crippen LogP contribution in [0.2, 0.25) is 0 Å². The van der Waals surface area contributed by atoms with Gasteiger partial charge in [0.05, 0.1) is 24.6 Å². The minimum absolute atomic E-state index is 0.482. The molecule has 0 spiro atoms. The highest BCUT2D eigenvalue weighted by molar-refractivity contribution is 5.75. The minimum Gasteiger partial charge on any atom is -0.370 e. The van der Waals surface area contributed by atoms with Gasteiger partial charge >= 0.3 is 0 Å². The Labute approximate surface area is 92.5 Å². The Kier molecular flexibility index (Phi) is 2.08. The fourth-order valence-electron chi connectivity index (χ4n) is 1.94. The highest BCUT2D eigenvalue weighted by Crippen LogP contribution is 2.24. The summed E-state index contributed by atoms with van der Waals surface area (Å²) in [5.74, 6) is 0. The first-order chi connectivity index (χ1) is 7.90. The van der Waals surface area contributed by atoms with Crippen molar-refractivity contribution in [3.8, 4) is 5.69 Å². The predicted molar refractivity (Wildman–Crippen MR) is 57.4 cm³/mol. The number of nitrogens with zero attached hydrogens (tertiary/aromatic N) is 2. The molecule has 0 saturated carbocycles. The van der Waals surface area contributed by atoms with Crippen molar-refractivity contribution in [3.05, 3.63) is 47.3 Å². The molecule has 4 heteroatoms. The molecule has 0 aliphatic carbocycles. The Hall–Kier alpha value is -1.94. The number of fused-ring (bicyclic) bond motifs is 1. The lowest BCUT2D eigenvalue weighted by Gasteiger charge is -2.03. The van der Waals surface area contributed by atoms with Gasteiger partial charge in [-0.15, -0.1) is 0 Å². The van der Waals surface area contributed by atoms with E-state index in [-0.39, 0.29) is 0 Å². The van der Waals surface area contributed by atoms with Gasteiger partial charge in [-0.3, -0.25) is 4.79 Å². The van der Waals surface area contributed by atoms with E-state index in [2.05, 4.69) is 5.10 Å². The highest BCUT2D eigenvalue weighted by Gasteiger charge is 2.23. The average Bonchev–Trinajstić information content (AvgIpc) is 2.91. The lowest BCUT2D eigenvalue weighted by molar-refractivity contribution is 0.110. The van der Waals surface area contributed by atoms with Crippen LogP contribution in [0.5, 0.6) is 0 Å². The molecule has 1 aliphatic rings. The second-order valence-corrected chi connectivity index (χ2v) is 3.67. The molecule has 2 heterocycles. The molecule has 80 valence electrons. The number of hydrogen-bond donors (Lipinski definition) is 0. The molecule has 4 nitrogen and oxygen atoms in total. The molecule has 0 fully saturated rings. The van der Waals surface area contributed by atoms with E-state index in [9.17, 15) is 4.79 Å². The fraction of sp³-hybridized carbons (Fsp3) is 0.167. The van der Waals surface area contributed by atoms with Gasteiger partial charge in [0.15, 0.2) is 6.29 Å². The third-order valence-electron chi connectivity index (χ3n) is 2.72. The topological polar surface area (TPSA) is 44.1 Å². The van der Waals surface area contributed by atoms with E-state index in [1.165, 1.54) is 0 Å². The molecule has 0 N–H and O–H groups in total. The third-order valence-corrected chi connectivity index (χ3v) is 2.72. The van der Waals surface area contributed by atoms with Gasteiger partial charge in [-0.25, -0.2) is 4.68 Å². The molecular weight excluding hydrogens is 204 g/mol. The summed E-state index contributed by atoms with van der Waals surface area (Å²) in [6.45, 7) is 1.00. The number of aldehydes is 1. The number of carbonyl (C=O) groups is 1. The van der Waals surface area contributed by atoms with E-state index in [1.54, 1.807) is 4.68 Å². The van der Waals surface area contributed by atoms with Crippen LogP contribution in [0.3, 0.4) is 0 Å². The molecule has 0 unspecified atom stereocenters. The zero-order valence-electron chi connectivity index (χ0n) is 8.59. The number of hydrogen-bond acceptors (Lipinski definition) is 3. The summed E-state index contributed by atoms with van der Waals surface area (Å²) in [6, 6.07) is 9.75. The van der Waals surface area contributed by atoms with Crippen molar-refractivity contribution in [2.75, 3.05) is 0 Å². The van der Waals surface area contributed by atoms with Gasteiger partial charge in [0.1, 0.15) is 5.69 Å². The summed E-state index contributed by atoms with van der Waals surface area (Å²) < 4.78 is 7.12. The van der Waals surface area contributed by atoms with Crippen molar-refractivity contribution in [3.63, 3.8) is 0 Å². The van der Waals surface area contributed by atoms with E-state index < -0.39 is 0 Å². The summed E-state index contributed by atoms with van der Waals surface area (Å²) in [6.07, 6.45) is 0.785. The number of carbonyl (C=O) groups excluding carboxylic acids is 1. The minimum atomic E-state index is 0.482. The van der Waals surface area contributed by atoms with Crippen LogP contribution in [0.15, 0.2) is 30.3 Å². The van der Waals surface area contributed by atoms with Crippen LogP contribution in [0.1, 0.15) is 21.7 Å². The maximum absolute atomic E-state index is 10.9. The first-order valence-corrected chi connectivity index (χ1v) is 5.09. The van der Waals surface area contributed by atoms with Crippen molar-refractivity contribution in [2.45, 2.75) is 13.2 Å². The Morgan fingerprint density at radius 3 is 2.81 bits per heavy atom. The Morgan fingerprint density at radius 2 is 2.06 bits per heavy atom. The highest BCUT2D eigenvalue weighted by atomic mass is 16.5. The maximum atomic E-state index is 10.9. The molecular formula is C12H10N2O2. The summed E-state index contributed by atoms with van der Waals surface area (Å²) in [4.78, 5) is 10.9. The molecule has 0 amide bonds. The van der Waals surface area contributed by atoms with Crippen LogP contribution in [0.4, 0.5) is 0 Å². The Balaban J connectivity index is 2.19. The Bertz CT molecular complexity index is 531. The van der Waals surface area contributed by atoms with Crippen molar-refractivity contribution in [1.29, 1.82) is 0 Å². The van der Waals surface area contributed by atoms with E-state index in [0.717, 1.165) is 23.2 Å². The number of aromatic nitrogens is 2. The normalized spacial score (nSPS) is 13.8. The van der Waals surface area contributed by atoms with Gasteiger partial charge in [-0.1, -0.05) is 18.2 Å². The number of para-hydroxylation sites is 1. The van der Waals surface area contributed by atoms with Crippen LogP contribution in [0.25, 0.3) is 5.69 Å². The number of rotatable bonds is 2. The largest absolute Gasteiger partial charge is 0.370 e. The molecule has 0 saturated heterocycles. The Morgan fingerprint density at radius 1 is 1.25 bits per heavy atom. The van der Waals surface area contributed by atoms with E-state index >= 15 is 0 Å². The molecule has 0 radical (unpaired) electrons. The van der Waals surface area contributed by atoms with Gasteiger partial charge < -0.3 is 4.74 Å². The van der Waals surface area contributed by atoms with Crippen molar-refractivity contribution < 1.29 is 9.53 Å². The second kappa shape index (κ2) is 3.57. The van der Waals surface area contributed by atoms with E-state index in [1.807, 2.05) is 30.3 Å². The summed E-state index contributed by atoms with van der Waals surface area (Å²) >= 11 is 0. The molecule has 3 rings (SSSR count). The molecule has 1 aromatic heterocycles. The lowest BCUT2D eigenvalue weighted by atomic mass is 10.2. The van der Waals surface area contributed by atoms with Gasteiger partial charge in [0, 0.05) is 5.56 Å². The molecule has 16 heavy (non-hydrogen) atoms. The zero-order valence-corrected chi connectivity index (χ0v) is 8.59. The van der Waals surface area contributed by atoms with Crippen LogP contribution < -0.4 is 0 Å². The predicted octanol–water partition coefficient (Wildman–Crippen LogP) is 1.72. The third kappa shape index (κ3) is 1.27. The van der Waals surface area contributed by atoms with Crippen molar-refractivity contribution in [1.82, 2.24) is 9.78 Å². The monoisotopic (exact) mass is 214 g/mol. The van der Waals surface area contributed by atoms with Gasteiger partial charge in [-0.05, 0) is 12.1 Å². The maximum Gasteiger partial charge on any atom is 0.170 e. The molecule has 1 aliphatic heterocycles. The van der Waals surface area contributed by atoms with Crippen LogP contribution in [-0.2, 0) is 18.0 Å². The van der Waals surface area contributed by atoms with Crippen LogP contribution in [-0.4, -0.2) is 16.1 Å². The summed E-state index contributed by atoms with van der Waals surface area (Å²) in [7, 11) is 0. The standard InChI is InChI=1S/C12H10N2O2/c15-6-11-10-7-16-8-12(10)14(13-11)9-4-2-1-3-5-9/h1-6H,7-8H2. The van der Waals surface area contributed by atoms with Crippen molar-refractivity contribution in [2.24, 2.45) is 0 Å². The van der Waals surface area contributed by atoms with Gasteiger partial charge in [0.2, 0.25) is 0 Å². The van der Waals surface area contributed by atoms with E-state index in [4.69, 9.17) is 4.74 Å². The molecule has 2 aromatic rings. The first kappa shape index (κ1) is 9.30. The van der Waals surface area contributed by atoms with Crippen LogP contribution >= 0.6 is 0 Å². The number of ether oxygens (including phenoxy) is 1. The number of benzene rings is 1. The fourth-order valence-corrected chi connectivity index (χ4v) is 1.94. The first-order valence-electron chi connectivity index (χ1n) is 5.09. The van der Waals surface area contributed by atoms with Gasteiger partial charge in [-0.2, -0.15) is 5.10 Å².